The van der Waals surface area contributed by atoms with Gasteiger partial charge < -0.3 is 5.11 Å². The zero-order valence-electron chi connectivity index (χ0n) is 9.13. The van der Waals surface area contributed by atoms with Crippen LogP contribution in [0, 0.1) is 0 Å². The Morgan fingerprint density at radius 3 is 2.56 bits per heavy atom. The topological polar surface area (TPSA) is 53.4 Å². The van der Waals surface area contributed by atoms with Crippen molar-refractivity contribution in [1.82, 2.24) is 9.88 Å². The molecule has 1 aromatic heterocycles. The lowest BCUT2D eigenvalue weighted by molar-refractivity contribution is -0.143. The Bertz CT molecular complexity index is 332. The van der Waals surface area contributed by atoms with Crippen molar-refractivity contribution in [1.29, 1.82) is 0 Å². The summed E-state index contributed by atoms with van der Waals surface area (Å²) in [5.41, 5.74) is 2.38. The minimum absolute atomic E-state index is 0.552. The van der Waals surface area contributed by atoms with Crippen molar-refractivity contribution >= 4 is 17.3 Å². The van der Waals surface area contributed by atoms with Crippen LogP contribution >= 0.6 is 11.3 Å². The molecule has 0 radical (unpaired) electrons. The van der Waals surface area contributed by atoms with Crippen LogP contribution in [-0.4, -0.2) is 34.0 Å². The third kappa shape index (κ3) is 2.59. The van der Waals surface area contributed by atoms with E-state index in [2.05, 4.69) is 4.98 Å². The molecule has 4 nitrogen and oxygen atoms in total. The first-order valence-corrected chi connectivity index (χ1v) is 6.58. The van der Waals surface area contributed by atoms with E-state index in [-0.39, 0.29) is 0 Å². The summed E-state index contributed by atoms with van der Waals surface area (Å²) in [6, 6.07) is -0.552. The summed E-state index contributed by atoms with van der Waals surface area (Å²) in [6.07, 6.45) is 4.60. The number of rotatable bonds is 3. The molecule has 2 heterocycles. The number of nitrogens with zero attached hydrogens (tertiary/aromatic N) is 2. The highest BCUT2D eigenvalue weighted by atomic mass is 32.1. The van der Waals surface area contributed by atoms with Gasteiger partial charge in [0.15, 0.2) is 6.04 Å². The molecule has 1 aromatic rings. The molecule has 16 heavy (non-hydrogen) atoms. The van der Waals surface area contributed by atoms with E-state index in [1.807, 2.05) is 10.3 Å². The Kier molecular flexibility index (Phi) is 3.90. The van der Waals surface area contributed by atoms with E-state index in [4.69, 9.17) is 0 Å². The van der Waals surface area contributed by atoms with Crippen LogP contribution in [-0.2, 0) is 4.79 Å². The SMILES string of the molecule is O=C(O)C(c1cscn1)N1CCCCCC1. The molecular formula is C11H16N2O2S. The number of carboxylic acid groups (broad SMARTS) is 1. The molecule has 88 valence electrons. The van der Waals surface area contributed by atoms with Gasteiger partial charge in [-0.3, -0.25) is 9.69 Å². The Balaban J connectivity index is 2.15. The lowest BCUT2D eigenvalue weighted by Gasteiger charge is -2.25. The average molecular weight is 240 g/mol. The van der Waals surface area contributed by atoms with Gasteiger partial charge in [-0.05, 0) is 25.9 Å². The molecule has 1 saturated heterocycles. The second-order valence-electron chi connectivity index (χ2n) is 4.10. The molecule has 1 unspecified atom stereocenters. The first-order chi connectivity index (χ1) is 7.79. The summed E-state index contributed by atoms with van der Waals surface area (Å²) in [5, 5.41) is 11.1. The van der Waals surface area contributed by atoms with E-state index in [0.717, 1.165) is 25.9 Å². The number of aromatic nitrogens is 1. The largest absolute Gasteiger partial charge is 0.480 e. The van der Waals surface area contributed by atoms with E-state index in [1.54, 1.807) is 5.51 Å². The molecule has 1 N–H and O–H groups in total. The second-order valence-corrected chi connectivity index (χ2v) is 4.82. The molecule has 1 aliphatic heterocycles. The van der Waals surface area contributed by atoms with Crippen molar-refractivity contribution < 1.29 is 9.90 Å². The van der Waals surface area contributed by atoms with Crippen LogP contribution in [0.25, 0.3) is 0 Å². The minimum Gasteiger partial charge on any atom is -0.480 e. The summed E-state index contributed by atoms with van der Waals surface area (Å²) < 4.78 is 0. The van der Waals surface area contributed by atoms with Crippen LogP contribution in [0.5, 0.6) is 0 Å². The van der Waals surface area contributed by atoms with Crippen molar-refractivity contribution in [2.75, 3.05) is 13.1 Å². The summed E-state index contributed by atoms with van der Waals surface area (Å²) >= 11 is 1.45. The predicted molar refractivity (Wildman–Crippen MR) is 62.5 cm³/mol. The van der Waals surface area contributed by atoms with Crippen LogP contribution in [0.4, 0.5) is 0 Å². The maximum absolute atomic E-state index is 11.3. The fourth-order valence-electron chi connectivity index (χ4n) is 2.18. The third-order valence-corrected chi connectivity index (χ3v) is 3.58. The van der Waals surface area contributed by atoms with E-state index < -0.39 is 12.0 Å². The Hall–Kier alpha value is -0.940. The molecule has 1 fully saturated rings. The number of carboxylic acids is 1. The number of likely N-dealkylation sites (tertiary alicyclic amines) is 1. The summed E-state index contributed by atoms with van der Waals surface area (Å²) in [4.78, 5) is 17.5. The van der Waals surface area contributed by atoms with Crippen LogP contribution in [0.15, 0.2) is 10.9 Å². The fourth-order valence-corrected chi connectivity index (χ4v) is 2.75. The van der Waals surface area contributed by atoms with Gasteiger partial charge in [0.05, 0.1) is 11.2 Å². The number of aliphatic carboxylic acids is 1. The minimum atomic E-state index is -0.784. The van der Waals surface area contributed by atoms with Gasteiger partial charge >= 0.3 is 5.97 Å². The molecule has 1 aliphatic rings. The number of hydrogen-bond acceptors (Lipinski definition) is 4. The van der Waals surface area contributed by atoms with E-state index in [0.29, 0.717) is 5.69 Å². The average Bonchev–Trinajstić information content (AvgIpc) is 2.62. The normalized spacial score (nSPS) is 20.2. The highest BCUT2D eigenvalue weighted by Gasteiger charge is 2.29. The second kappa shape index (κ2) is 5.41. The van der Waals surface area contributed by atoms with Gasteiger partial charge in [0.2, 0.25) is 0 Å². The molecule has 2 rings (SSSR count). The van der Waals surface area contributed by atoms with E-state index >= 15 is 0 Å². The van der Waals surface area contributed by atoms with Crippen molar-refractivity contribution in [2.24, 2.45) is 0 Å². The first-order valence-electron chi connectivity index (χ1n) is 5.64. The van der Waals surface area contributed by atoms with Gasteiger partial charge in [-0.25, -0.2) is 4.98 Å². The Labute approximate surface area is 98.9 Å². The smallest absolute Gasteiger partial charge is 0.327 e. The Morgan fingerprint density at radius 1 is 1.38 bits per heavy atom. The van der Waals surface area contributed by atoms with Gasteiger partial charge in [-0.15, -0.1) is 11.3 Å². The van der Waals surface area contributed by atoms with Crippen molar-refractivity contribution in [3.63, 3.8) is 0 Å². The highest BCUT2D eigenvalue weighted by molar-refractivity contribution is 7.07. The number of carbonyl (C=O) groups is 1. The van der Waals surface area contributed by atoms with E-state index in [9.17, 15) is 9.90 Å². The summed E-state index contributed by atoms with van der Waals surface area (Å²) in [7, 11) is 0. The highest BCUT2D eigenvalue weighted by Crippen LogP contribution is 2.24. The van der Waals surface area contributed by atoms with Crippen LogP contribution in [0.2, 0.25) is 0 Å². The molecule has 0 spiro atoms. The summed E-state index contributed by atoms with van der Waals surface area (Å²) in [6.45, 7) is 1.74. The molecule has 0 saturated carbocycles. The lowest BCUT2D eigenvalue weighted by Crippen LogP contribution is -2.35. The van der Waals surface area contributed by atoms with Gasteiger partial charge in [0.1, 0.15) is 0 Å². The third-order valence-electron chi connectivity index (χ3n) is 2.97. The standard InChI is InChI=1S/C11H16N2O2S/c14-11(15)10(9-7-16-8-12-9)13-5-3-1-2-4-6-13/h7-8,10H,1-6H2,(H,14,15). The van der Waals surface area contributed by atoms with Crippen LogP contribution < -0.4 is 0 Å². The van der Waals surface area contributed by atoms with Gasteiger partial charge in [-0.2, -0.15) is 0 Å². The van der Waals surface area contributed by atoms with Gasteiger partial charge in [-0.1, -0.05) is 12.8 Å². The maximum atomic E-state index is 11.3. The Morgan fingerprint density at radius 2 is 2.06 bits per heavy atom. The predicted octanol–water partition coefficient (Wildman–Crippen LogP) is 2.14. The summed E-state index contributed by atoms with van der Waals surface area (Å²) in [5.74, 6) is -0.784. The van der Waals surface area contributed by atoms with Crippen molar-refractivity contribution in [2.45, 2.75) is 31.7 Å². The zero-order chi connectivity index (χ0) is 11.4. The molecule has 0 bridgehead atoms. The molecule has 1 atom stereocenters. The van der Waals surface area contributed by atoms with Crippen LogP contribution in [0.3, 0.4) is 0 Å². The van der Waals surface area contributed by atoms with E-state index in [1.165, 1.54) is 24.2 Å². The maximum Gasteiger partial charge on any atom is 0.327 e. The quantitative estimate of drug-likeness (QED) is 0.879. The van der Waals surface area contributed by atoms with Gasteiger partial charge in [0.25, 0.3) is 0 Å². The molecule has 0 aliphatic carbocycles. The zero-order valence-corrected chi connectivity index (χ0v) is 9.95. The molecular weight excluding hydrogens is 224 g/mol. The first kappa shape index (κ1) is 11.5. The molecule has 5 heteroatoms. The lowest BCUT2D eigenvalue weighted by atomic mass is 10.2. The molecule has 0 amide bonds. The fraction of sp³-hybridized carbons (Fsp3) is 0.636. The van der Waals surface area contributed by atoms with Gasteiger partial charge in [0, 0.05) is 5.38 Å². The van der Waals surface area contributed by atoms with Crippen molar-refractivity contribution in [3.8, 4) is 0 Å². The van der Waals surface area contributed by atoms with Crippen molar-refractivity contribution in [3.05, 3.63) is 16.6 Å². The monoisotopic (exact) mass is 240 g/mol. The van der Waals surface area contributed by atoms with Crippen LogP contribution in [0.1, 0.15) is 37.4 Å². The number of thiazole rings is 1. The molecule has 0 aromatic carbocycles. The number of hydrogen-bond donors (Lipinski definition) is 1.